The Hall–Kier alpha value is -4.34. The van der Waals surface area contributed by atoms with Crippen molar-refractivity contribution in [2.45, 2.75) is 6.18 Å². The minimum atomic E-state index is -4.77. The van der Waals surface area contributed by atoms with Crippen LogP contribution in [0.4, 0.5) is 35.0 Å². The number of nitrogens with zero attached hydrogens (tertiary/aromatic N) is 6. The van der Waals surface area contributed by atoms with Crippen LogP contribution in [-0.4, -0.2) is 79.9 Å². The molecule has 0 spiro atoms. The summed E-state index contributed by atoms with van der Waals surface area (Å²) in [7, 11) is 0. The first-order valence-corrected chi connectivity index (χ1v) is 13.1. The summed E-state index contributed by atoms with van der Waals surface area (Å²) < 4.78 is 61.2. The van der Waals surface area contributed by atoms with Gasteiger partial charge >= 0.3 is 12.1 Å². The standard InChI is InChI=1S/C26H21ClF4N8O3/c27-17-9-13(1-2-18(17)28)34-25-33-12-16-14-10-15(24(40)41)22(32-3-4-38-5-7-42-8-6-38)35-21(14)19-11-20(26(29,30)31)37-39(19)23(16)36-25/h1-2,9-12H,3-8H2,(H,32,35)(H,40,41)(H,33,34,36). The minimum Gasteiger partial charge on any atom is -0.478 e. The molecule has 0 bridgehead atoms. The Labute approximate surface area is 239 Å². The van der Waals surface area contributed by atoms with Crippen molar-refractivity contribution in [2.24, 2.45) is 0 Å². The molecule has 42 heavy (non-hydrogen) atoms. The third-order valence-corrected chi connectivity index (χ3v) is 7.04. The van der Waals surface area contributed by atoms with Crippen LogP contribution in [0.5, 0.6) is 0 Å². The van der Waals surface area contributed by atoms with Crippen LogP contribution in [0.25, 0.3) is 27.5 Å². The van der Waals surface area contributed by atoms with Crippen LogP contribution in [0.3, 0.4) is 0 Å². The summed E-state index contributed by atoms with van der Waals surface area (Å²) in [5, 5.41) is 19.9. The van der Waals surface area contributed by atoms with Gasteiger partial charge in [0.05, 0.1) is 29.3 Å². The molecule has 5 aromatic rings. The molecular formula is C26H21ClF4N8O3. The number of aromatic nitrogens is 5. The molecule has 3 N–H and O–H groups in total. The monoisotopic (exact) mass is 604 g/mol. The Morgan fingerprint density at radius 1 is 1.12 bits per heavy atom. The fourth-order valence-corrected chi connectivity index (χ4v) is 4.89. The van der Waals surface area contributed by atoms with Gasteiger partial charge in [0.25, 0.3) is 0 Å². The van der Waals surface area contributed by atoms with Crippen molar-refractivity contribution < 1.29 is 32.2 Å². The van der Waals surface area contributed by atoms with Gasteiger partial charge < -0.3 is 20.5 Å². The first-order valence-electron chi connectivity index (χ1n) is 12.7. The van der Waals surface area contributed by atoms with Gasteiger partial charge in [0.2, 0.25) is 5.95 Å². The second-order valence-corrected chi connectivity index (χ2v) is 9.88. The van der Waals surface area contributed by atoms with Gasteiger partial charge in [-0.05, 0) is 30.3 Å². The highest BCUT2D eigenvalue weighted by Crippen LogP contribution is 2.35. The van der Waals surface area contributed by atoms with E-state index >= 15 is 0 Å². The second-order valence-electron chi connectivity index (χ2n) is 9.48. The van der Waals surface area contributed by atoms with Crippen LogP contribution < -0.4 is 10.6 Å². The van der Waals surface area contributed by atoms with E-state index < -0.39 is 23.7 Å². The molecule has 11 nitrogen and oxygen atoms in total. The molecule has 1 fully saturated rings. The van der Waals surface area contributed by atoms with Gasteiger partial charge in [-0.25, -0.2) is 23.7 Å². The first kappa shape index (κ1) is 27.8. The maximum atomic E-state index is 13.8. The first-order chi connectivity index (χ1) is 20.1. The molecule has 1 aliphatic rings. The van der Waals surface area contributed by atoms with Crippen LogP contribution >= 0.6 is 11.6 Å². The van der Waals surface area contributed by atoms with Crippen molar-refractivity contribution in [2.75, 3.05) is 50.0 Å². The zero-order valence-corrected chi connectivity index (χ0v) is 22.3. The Balaban J connectivity index is 1.48. The molecule has 5 heterocycles. The van der Waals surface area contributed by atoms with Gasteiger partial charge in [-0.15, -0.1) is 0 Å². The summed E-state index contributed by atoms with van der Waals surface area (Å²) in [6.07, 6.45) is -3.45. The van der Waals surface area contributed by atoms with E-state index in [4.69, 9.17) is 16.3 Å². The number of carboxylic acid groups (broad SMARTS) is 1. The summed E-state index contributed by atoms with van der Waals surface area (Å²) in [5.41, 5.74) is -1.01. The predicted octanol–water partition coefficient (Wildman–Crippen LogP) is 4.82. The molecule has 0 aliphatic carbocycles. The maximum absolute atomic E-state index is 13.8. The van der Waals surface area contributed by atoms with Crippen molar-refractivity contribution in [1.29, 1.82) is 0 Å². The molecule has 218 valence electrons. The number of ether oxygens (including phenoxy) is 1. The lowest BCUT2D eigenvalue weighted by Gasteiger charge is -2.26. The van der Waals surface area contributed by atoms with Gasteiger partial charge in [-0.3, -0.25) is 4.90 Å². The number of halogens is 5. The Morgan fingerprint density at radius 2 is 1.90 bits per heavy atom. The van der Waals surface area contributed by atoms with Crippen molar-refractivity contribution >= 4 is 62.5 Å². The number of aromatic carboxylic acids is 1. The number of nitrogens with one attached hydrogen (secondary N) is 2. The average molecular weight is 605 g/mol. The van der Waals surface area contributed by atoms with Gasteiger partial charge in [-0.1, -0.05) is 11.6 Å². The van der Waals surface area contributed by atoms with Gasteiger partial charge in [0.1, 0.15) is 17.2 Å². The van der Waals surface area contributed by atoms with E-state index in [0.717, 1.165) is 29.7 Å². The van der Waals surface area contributed by atoms with E-state index in [-0.39, 0.29) is 49.8 Å². The number of hydrogen-bond donors (Lipinski definition) is 3. The number of alkyl halides is 3. The highest BCUT2D eigenvalue weighted by atomic mass is 35.5. The lowest BCUT2D eigenvalue weighted by molar-refractivity contribution is -0.141. The highest BCUT2D eigenvalue weighted by Gasteiger charge is 2.35. The normalized spacial score (nSPS) is 14.6. The number of morpholine rings is 1. The van der Waals surface area contributed by atoms with Crippen LogP contribution in [0.2, 0.25) is 5.02 Å². The number of pyridine rings is 2. The number of fused-ring (bicyclic) bond motifs is 6. The molecular weight excluding hydrogens is 584 g/mol. The Kier molecular flexibility index (Phi) is 7.16. The summed E-state index contributed by atoms with van der Waals surface area (Å²) in [6, 6.07) is 5.98. The second kappa shape index (κ2) is 10.8. The number of anilines is 3. The SMILES string of the molecule is O=C(O)c1cc2c3cnc(Nc4ccc(F)c(Cl)c4)nc3n3nc(C(F)(F)F)cc3c2nc1NCCN1CCOCC1. The molecule has 0 atom stereocenters. The van der Waals surface area contributed by atoms with Crippen molar-refractivity contribution in [3.63, 3.8) is 0 Å². The molecule has 0 amide bonds. The predicted molar refractivity (Wildman–Crippen MR) is 146 cm³/mol. The molecule has 0 saturated carbocycles. The number of carbonyl (C=O) groups is 1. The molecule has 0 radical (unpaired) electrons. The van der Waals surface area contributed by atoms with Gasteiger partial charge in [0.15, 0.2) is 11.3 Å². The largest absolute Gasteiger partial charge is 0.478 e. The molecule has 0 unspecified atom stereocenters. The summed E-state index contributed by atoms with van der Waals surface area (Å²) in [6.45, 7) is 3.58. The third kappa shape index (κ3) is 5.33. The zero-order chi connectivity index (χ0) is 29.6. The maximum Gasteiger partial charge on any atom is 0.435 e. The Bertz CT molecular complexity index is 1840. The van der Waals surface area contributed by atoms with E-state index in [1.165, 1.54) is 24.4 Å². The fourth-order valence-electron chi connectivity index (χ4n) is 4.71. The number of carboxylic acids is 1. The average Bonchev–Trinajstić information content (AvgIpc) is 3.42. The number of hydrogen-bond acceptors (Lipinski definition) is 9. The van der Waals surface area contributed by atoms with Crippen LogP contribution in [0, 0.1) is 5.82 Å². The third-order valence-electron chi connectivity index (χ3n) is 6.75. The zero-order valence-electron chi connectivity index (χ0n) is 21.5. The van der Waals surface area contributed by atoms with E-state index in [1.54, 1.807) is 0 Å². The van der Waals surface area contributed by atoms with Crippen LogP contribution in [0.15, 0.2) is 36.5 Å². The molecule has 4 aromatic heterocycles. The van der Waals surface area contributed by atoms with Gasteiger partial charge in [0, 0.05) is 48.8 Å². The molecule has 6 rings (SSSR count). The number of rotatable bonds is 7. The van der Waals surface area contributed by atoms with E-state index in [2.05, 4.69) is 35.6 Å². The summed E-state index contributed by atoms with van der Waals surface area (Å²) in [4.78, 5) is 27.4. The molecule has 1 saturated heterocycles. The molecule has 16 heteroatoms. The lowest BCUT2D eigenvalue weighted by atomic mass is 10.1. The smallest absolute Gasteiger partial charge is 0.435 e. The molecule has 1 aliphatic heterocycles. The van der Waals surface area contributed by atoms with Crippen LogP contribution in [0.1, 0.15) is 16.1 Å². The van der Waals surface area contributed by atoms with Crippen LogP contribution in [-0.2, 0) is 10.9 Å². The highest BCUT2D eigenvalue weighted by molar-refractivity contribution is 6.31. The van der Waals surface area contributed by atoms with E-state index in [9.17, 15) is 27.5 Å². The van der Waals surface area contributed by atoms with E-state index in [0.29, 0.717) is 32.0 Å². The van der Waals surface area contributed by atoms with Crippen molar-refractivity contribution in [3.8, 4) is 0 Å². The lowest BCUT2D eigenvalue weighted by Crippen LogP contribution is -2.39. The number of benzene rings is 1. The fraction of sp³-hybridized carbons (Fsp3) is 0.269. The summed E-state index contributed by atoms with van der Waals surface area (Å²) >= 11 is 5.84. The Morgan fingerprint density at radius 3 is 2.62 bits per heavy atom. The van der Waals surface area contributed by atoms with Crippen molar-refractivity contribution in [1.82, 2.24) is 29.5 Å². The summed E-state index contributed by atoms with van der Waals surface area (Å²) in [5.74, 6) is -1.94. The van der Waals surface area contributed by atoms with E-state index in [1.807, 2.05) is 0 Å². The van der Waals surface area contributed by atoms with Crippen molar-refractivity contribution in [3.05, 3.63) is 58.6 Å². The quantitative estimate of drug-likeness (QED) is 0.176. The molecule has 1 aromatic carbocycles. The van der Waals surface area contributed by atoms with Gasteiger partial charge in [-0.2, -0.15) is 23.3 Å². The topological polar surface area (TPSA) is 130 Å². The minimum absolute atomic E-state index is 0.00617.